The summed E-state index contributed by atoms with van der Waals surface area (Å²) in [6.07, 6.45) is 0.152. The van der Waals surface area contributed by atoms with Gasteiger partial charge in [0.1, 0.15) is 17.9 Å². The van der Waals surface area contributed by atoms with E-state index in [9.17, 15) is 4.79 Å². The first-order chi connectivity index (χ1) is 8.74. The third-order valence-corrected chi connectivity index (χ3v) is 2.43. The lowest BCUT2D eigenvalue weighted by atomic mass is 10.1. The maximum absolute atomic E-state index is 11.3. The second-order valence-corrected chi connectivity index (χ2v) is 3.66. The maximum Gasteiger partial charge on any atom is 0.336 e. The predicted octanol–water partition coefficient (Wildman–Crippen LogP) is 1.23. The van der Waals surface area contributed by atoms with Crippen molar-refractivity contribution in [2.24, 2.45) is 0 Å². The molecule has 2 rings (SSSR count). The predicted molar refractivity (Wildman–Crippen MR) is 64.4 cm³/mol. The van der Waals surface area contributed by atoms with Crippen LogP contribution >= 0.6 is 0 Å². The number of hydrogen-bond acceptors (Lipinski definition) is 5. The molecule has 0 aliphatic heterocycles. The molecule has 0 saturated heterocycles. The molecular weight excluding hydrogens is 234 g/mol. The van der Waals surface area contributed by atoms with E-state index in [2.05, 4.69) is 0 Å². The van der Waals surface area contributed by atoms with Crippen LogP contribution in [0, 0.1) is 11.3 Å². The molecule has 0 bridgehead atoms. The fourth-order valence-corrected chi connectivity index (χ4v) is 1.69. The Balaban J connectivity index is 2.50. The van der Waals surface area contributed by atoms with Crippen LogP contribution in [-0.2, 0) is 6.42 Å². The molecule has 0 spiro atoms. The Morgan fingerprint density at radius 2 is 2.22 bits per heavy atom. The van der Waals surface area contributed by atoms with Gasteiger partial charge in [-0.3, -0.25) is 0 Å². The van der Waals surface area contributed by atoms with Gasteiger partial charge in [-0.2, -0.15) is 5.26 Å². The standard InChI is InChI=1S/C13H11NO4/c14-4-3-9-7-13(16)18-12-8-10(17-6-5-15)1-2-11(9)12/h1-2,7-8,15H,3,5-6H2. The van der Waals surface area contributed by atoms with Gasteiger partial charge in [0.05, 0.1) is 19.1 Å². The smallest absolute Gasteiger partial charge is 0.336 e. The van der Waals surface area contributed by atoms with Crippen LogP contribution in [0.4, 0.5) is 0 Å². The van der Waals surface area contributed by atoms with Gasteiger partial charge >= 0.3 is 5.63 Å². The average Bonchev–Trinajstić information content (AvgIpc) is 2.36. The van der Waals surface area contributed by atoms with E-state index >= 15 is 0 Å². The van der Waals surface area contributed by atoms with E-state index in [0.29, 0.717) is 22.3 Å². The molecule has 0 saturated carbocycles. The van der Waals surface area contributed by atoms with E-state index < -0.39 is 5.63 Å². The molecule has 1 N–H and O–H groups in total. The van der Waals surface area contributed by atoms with Crippen molar-refractivity contribution < 1.29 is 14.3 Å². The van der Waals surface area contributed by atoms with Crippen molar-refractivity contribution >= 4 is 11.0 Å². The normalized spacial score (nSPS) is 10.2. The van der Waals surface area contributed by atoms with Crippen molar-refractivity contribution in [3.8, 4) is 11.8 Å². The molecule has 0 radical (unpaired) electrons. The number of nitriles is 1. The Kier molecular flexibility index (Phi) is 3.60. The highest BCUT2D eigenvalue weighted by molar-refractivity contribution is 5.81. The average molecular weight is 245 g/mol. The van der Waals surface area contributed by atoms with Crippen LogP contribution in [0.25, 0.3) is 11.0 Å². The molecule has 1 aromatic heterocycles. The molecule has 0 atom stereocenters. The van der Waals surface area contributed by atoms with Gasteiger partial charge in [0.2, 0.25) is 0 Å². The quantitative estimate of drug-likeness (QED) is 0.819. The first-order valence-corrected chi connectivity index (χ1v) is 5.42. The number of ether oxygens (including phenoxy) is 1. The largest absolute Gasteiger partial charge is 0.491 e. The summed E-state index contributed by atoms with van der Waals surface area (Å²) >= 11 is 0. The molecule has 0 unspecified atom stereocenters. The molecule has 1 aromatic carbocycles. The zero-order valence-corrected chi connectivity index (χ0v) is 9.55. The third kappa shape index (κ3) is 2.50. The van der Waals surface area contributed by atoms with Crippen LogP contribution in [0.3, 0.4) is 0 Å². The van der Waals surface area contributed by atoms with E-state index in [4.69, 9.17) is 19.5 Å². The number of rotatable bonds is 4. The van der Waals surface area contributed by atoms with Gasteiger partial charge in [-0.15, -0.1) is 0 Å². The van der Waals surface area contributed by atoms with Crippen molar-refractivity contribution in [3.63, 3.8) is 0 Å². The maximum atomic E-state index is 11.3. The Morgan fingerprint density at radius 1 is 1.39 bits per heavy atom. The lowest BCUT2D eigenvalue weighted by Crippen LogP contribution is -2.03. The molecule has 1 heterocycles. The van der Waals surface area contributed by atoms with Crippen LogP contribution in [0.2, 0.25) is 0 Å². The van der Waals surface area contributed by atoms with Gasteiger partial charge in [0.15, 0.2) is 0 Å². The lowest BCUT2D eigenvalue weighted by molar-refractivity contribution is 0.201. The van der Waals surface area contributed by atoms with Crippen molar-refractivity contribution in [2.45, 2.75) is 6.42 Å². The zero-order chi connectivity index (χ0) is 13.0. The molecule has 5 heteroatoms. The van der Waals surface area contributed by atoms with Crippen molar-refractivity contribution in [1.29, 1.82) is 5.26 Å². The number of benzene rings is 1. The van der Waals surface area contributed by atoms with Crippen molar-refractivity contribution in [3.05, 3.63) is 40.2 Å². The van der Waals surface area contributed by atoms with Crippen LogP contribution in [0.15, 0.2) is 33.5 Å². The Bertz CT molecular complexity index is 654. The molecule has 0 aliphatic carbocycles. The topological polar surface area (TPSA) is 83.5 Å². The van der Waals surface area contributed by atoms with Crippen LogP contribution < -0.4 is 10.4 Å². The second kappa shape index (κ2) is 5.34. The van der Waals surface area contributed by atoms with Gasteiger partial charge < -0.3 is 14.3 Å². The van der Waals surface area contributed by atoms with E-state index in [1.165, 1.54) is 6.07 Å². The first-order valence-electron chi connectivity index (χ1n) is 5.42. The minimum absolute atomic E-state index is 0.0868. The Hall–Kier alpha value is -2.32. The first kappa shape index (κ1) is 12.1. The van der Waals surface area contributed by atoms with E-state index in [-0.39, 0.29) is 19.6 Å². The summed E-state index contributed by atoms with van der Waals surface area (Å²) in [5.74, 6) is 0.508. The molecule has 0 aliphatic rings. The van der Waals surface area contributed by atoms with Gasteiger partial charge in [-0.25, -0.2) is 4.79 Å². The number of hydrogen-bond donors (Lipinski definition) is 1. The van der Waals surface area contributed by atoms with Gasteiger partial charge in [0, 0.05) is 17.5 Å². The van der Waals surface area contributed by atoms with Crippen LogP contribution in [0.1, 0.15) is 5.56 Å². The summed E-state index contributed by atoms with van der Waals surface area (Å²) in [4.78, 5) is 11.3. The number of fused-ring (bicyclic) bond motifs is 1. The van der Waals surface area contributed by atoms with Gasteiger partial charge in [0.25, 0.3) is 0 Å². The van der Waals surface area contributed by atoms with Gasteiger partial charge in [-0.05, 0) is 17.7 Å². The minimum Gasteiger partial charge on any atom is -0.491 e. The third-order valence-electron chi connectivity index (χ3n) is 2.43. The summed E-state index contributed by atoms with van der Waals surface area (Å²) in [5, 5.41) is 18.1. The molecule has 2 aromatic rings. The zero-order valence-electron chi connectivity index (χ0n) is 9.55. The molecule has 92 valence electrons. The minimum atomic E-state index is -0.493. The second-order valence-electron chi connectivity index (χ2n) is 3.66. The van der Waals surface area contributed by atoms with E-state index in [1.807, 2.05) is 6.07 Å². The fourth-order valence-electron chi connectivity index (χ4n) is 1.69. The summed E-state index contributed by atoms with van der Waals surface area (Å²) in [6, 6.07) is 8.34. The monoisotopic (exact) mass is 245 g/mol. The molecule has 0 amide bonds. The van der Waals surface area contributed by atoms with Crippen molar-refractivity contribution in [2.75, 3.05) is 13.2 Å². The molecular formula is C13H11NO4. The SMILES string of the molecule is N#CCc1cc(=O)oc2cc(OCCO)ccc12. The Labute approximate surface area is 103 Å². The fraction of sp³-hybridized carbons (Fsp3) is 0.231. The van der Waals surface area contributed by atoms with Crippen LogP contribution in [0.5, 0.6) is 5.75 Å². The van der Waals surface area contributed by atoms with Crippen molar-refractivity contribution in [1.82, 2.24) is 0 Å². The summed E-state index contributed by atoms with van der Waals surface area (Å²) in [7, 11) is 0. The van der Waals surface area contributed by atoms with Crippen LogP contribution in [-0.4, -0.2) is 18.3 Å². The Morgan fingerprint density at radius 3 is 2.94 bits per heavy atom. The highest BCUT2D eigenvalue weighted by atomic mass is 16.5. The summed E-state index contributed by atoms with van der Waals surface area (Å²) in [6.45, 7) is 0.0874. The lowest BCUT2D eigenvalue weighted by Gasteiger charge is -2.06. The number of nitrogens with zero attached hydrogens (tertiary/aromatic N) is 1. The van der Waals surface area contributed by atoms with Gasteiger partial charge in [-0.1, -0.05) is 0 Å². The molecule has 0 fully saturated rings. The highest BCUT2D eigenvalue weighted by Crippen LogP contribution is 2.22. The highest BCUT2D eigenvalue weighted by Gasteiger charge is 2.06. The molecule has 5 nitrogen and oxygen atoms in total. The number of aliphatic hydroxyl groups excluding tert-OH is 1. The summed E-state index contributed by atoms with van der Waals surface area (Å²) < 4.78 is 10.3. The molecule has 18 heavy (non-hydrogen) atoms. The van der Waals surface area contributed by atoms with E-state index in [0.717, 1.165) is 0 Å². The summed E-state index contributed by atoms with van der Waals surface area (Å²) in [5.41, 5.74) is 0.521. The van der Waals surface area contributed by atoms with E-state index in [1.54, 1.807) is 18.2 Å². The number of aliphatic hydroxyl groups is 1.